The molecular formula is C15H19N3O3. The fourth-order valence-electron chi connectivity index (χ4n) is 2.76. The summed E-state index contributed by atoms with van der Waals surface area (Å²) in [5.74, 6) is 0.847. The van der Waals surface area contributed by atoms with Crippen molar-refractivity contribution >= 4 is 12.4 Å². The molecule has 0 spiro atoms. The molecule has 1 aromatic carbocycles. The highest BCUT2D eigenvalue weighted by molar-refractivity contribution is 5.75. The molecule has 21 heavy (non-hydrogen) atoms. The van der Waals surface area contributed by atoms with Crippen LogP contribution in [-0.4, -0.2) is 55.0 Å². The first-order valence-electron chi connectivity index (χ1n) is 7.24. The normalized spacial score (nSPS) is 21.2. The molecule has 1 N–H and O–H groups in total. The van der Waals surface area contributed by atoms with Crippen LogP contribution in [0.25, 0.3) is 0 Å². The van der Waals surface area contributed by atoms with Crippen molar-refractivity contribution in [2.24, 2.45) is 0 Å². The highest BCUT2D eigenvalue weighted by atomic mass is 16.5. The number of fused-ring (bicyclic) bond motifs is 1. The van der Waals surface area contributed by atoms with Crippen LogP contribution in [-0.2, 0) is 4.79 Å². The second-order valence-electron chi connectivity index (χ2n) is 5.31. The van der Waals surface area contributed by atoms with Gasteiger partial charge in [-0.1, -0.05) is 18.2 Å². The first-order chi connectivity index (χ1) is 10.3. The average molecular weight is 289 g/mol. The number of para-hydroxylation sites is 1. The van der Waals surface area contributed by atoms with Crippen molar-refractivity contribution in [3.8, 4) is 5.75 Å². The lowest BCUT2D eigenvalue weighted by molar-refractivity contribution is -0.119. The van der Waals surface area contributed by atoms with E-state index >= 15 is 0 Å². The van der Waals surface area contributed by atoms with Gasteiger partial charge in [0.05, 0.1) is 12.6 Å². The summed E-state index contributed by atoms with van der Waals surface area (Å²) >= 11 is 0. The summed E-state index contributed by atoms with van der Waals surface area (Å²) in [6, 6.07) is 7.73. The molecule has 6 nitrogen and oxygen atoms in total. The monoisotopic (exact) mass is 289 g/mol. The van der Waals surface area contributed by atoms with Gasteiger partial charge < -0.3 is 19.9 Å². The number of nitrogens with one attached hydrogen (secondary N) is 1. The van der Waals surface area contributed by atoms with Crippen molar-refractivity contribution in [1.29, 1.82) is 0 Å². The van der Waals surface area contributed by atoms with E-state index in [4.69, 9.17) is 4.74 Å². The molecule has 1 unspecified atom stereocenters. The molecule has 0 bridgehead atoms. The van der Waals surface area contributed by atoms with Crippen molar-refractivity contribution in [3.05, 3.63) is 29.8 Å². The number of piperazine rings is 1. The van der Waals surface area contributed by atoms with Gasteiger partial charge in [0.25, 0.3) is 0 Å². The fourth-order valence-corrected chi connectivity index (χ4v) is 2.76. The van der Waals surface area contributed by atoms with Crippen molar-refractivity contribution in [1.82, 2.24) is 15.1 Å². The minimum Gasteiger partial charge on any atom is -0.493 e. The number of rotatable bonds is 2. The zero-order chi connectivity index (χ0) is 14.7. The lowest BCUT2D eigenvalue weighted by atomic mass is 10.0. The highest BCUT2D eigenvalue weighted by Gasteiger charge is 2.26. The maximum atomic E-state index is 12.3. The summed E-state index contributed by atoms with van der Waals surface area (Å²) in [6.07, 6.45) is 1.61. The lowest BCUT2D eigenvalue weighted by Crippen LogP contribution is -2.52. The van der Waals surface area contributed by atoms with Crippen LogP contribution >= 0.6 is 0 Å². The number of urea groups is 1. The number of hydrogen-bond acceptors (Lipinski definition) is 3. The Bertz CT molecular complexity index is 527. The van der Waals surface area contributed by atoms with Crippen molar-refractivity contribution < 1.29 is 14.3 Å². The van der Waals surface area contributed by atoms with Crippen molar-refractivity contribution in [3.63, 3.8) is 0 Å². The molecule has 0 aliphatic carbocycles. The van der Waals surface area contributed by atoms with Crippen LogP contribution in [0.4, 0.5) is 4.79 Å². The van der Waals surface area contributed by atoms with Gasteiger partial charge in [-0.15, -0.1) is 0 Å². The highest BCUT2D eigenvalue weighted by Crippen LogP contribution is 2.31. The summed E-state index contributed by atoms with van der Waals surface area (Å²) in [5, 5.41) is 3.08. The van der Waals surface area contributed by atoms with Crippen molar-refractivity contribution in [2.45, 2.75) is 12.5 Å². The van der Waals surface area contributed by atoms with Crippen LogP contribution in [0.15, 0.2) is 24.3 Å². The number of ether oxygens (including phenoxy) is 1. The molecular weight excluding hydrogens is 270 g/mol. The van der Waals surface area contributed by atoms with Gasteiger partial charge in [-0.3, -0.25) is 4.79 Å². The predicted octanol–water partition coefficient (Wildman–Crippen LogP) is 0.994. The van der Waals surface area contributed by atoms with E-state index in [2.05, 4.69) is 5.32 Å². The van der Waals surface area contributed by atoms with E-state index in [1.54, 1.807) is 9.80 Å². The lowest BCUT2D eigenvalue weighted by Gasteiger charge is -2.34. The first kappa shape index (κ1) is 13.7. The SMILES string of the molecule is O=CN1CCN(C(=O)NC2CCOc3ccccc32)CC1. The molecule has 0 saturated carbocycles. The van der Waals surface area contributed by atoms with Gasteiger partial charge in [-0.05, 0) is 6.07 Å². The van der Waals surface area contributed by atoms with Crippen LogP contribution in [0.2, 0.25) is 0 Å². The molecule has 112 valence electrons. The van der Waals surface area contributed by atoms with Gasteiger partial charge in [0.1, 0.15) is 5.75 Å². The Morgan fingerprint density at radius 1 is 1.24 bits per heavy atom. The Hall–Kier alpha value is -2.24. The molecule has 6 heteroatoms. The molecule has 1 atom stereocenters. The standard InChI is InChI=1S/C15H19N3O3/c19-11-17-6-8-18(9-7-17)15(20)16-13-5-10-21-14-4-2-1-3-12(13)14/h1-4,11,13H,5-10H2,(H,16,20). The van der Waals surface area contributed by atoms with Gasteiger partial charge in [0.2, 0.25) is 6.41 Å². The second-order valence-corrected chi connectivity index (χ2v) is 5.31. The number of carbonyl (C=O) groups is 2. The summed E-state index contributed by atoms with van der Waals surface area (Å²) < 4.78 is 5.60. The van der Waals surface area contributed by atoms with E-state index in [0.717, 1.165) is 24.1 Å². The topological polar surface area (TPSA) is 61.9 Å². The molecule has 1 fully saturated rings. The third-order valence-corrected chi connectivity index (χ3v) is 4.01. The quantitative estimate of drug-likeness (QED) is 0.826. The largest absolute Gasteiger partial charge is 0.493 e. The summed E-state index contributed by atoms with van der Waals surface area (Å²) in [7, 11) is 0. The molecule has 2 aliphatic rings. The average Bonchev–Trinajstić information content (AvgIpc) is 2.55. The molecule has 2 heterocycles. The van der Waals surface area contributed by atoms with Gasteiger partial charge >= 0.3 is 6.03 Å². The fraction of sp³-hybridized carbons (Fsp3) is 0.467. The molecule has 0 radical (unpaired) electrons. The summed E-state index contributed by atoms with van der Waals surface area (Å²) in [6.45, 7) is 2.97. The number of hydrogen-bond donors (Lipinski definition) is 1. The minimum atomic E-state index is -0.0674. The van der Waals surface area contributed by atoms with E-state index in [-0.39, 0.29) is 12.1 Å². The van der Waals surface area contributed by atoms with Gasteiger partial charge in [0.15, 0.2) is 0 Å². The molecule has 1 aromatic rings. The summed E-state index contributed by atoms with van der Waals surface area (Å²) in [4.78, 5) is 26.5. The third kappa shape index (κ3) is 2.94. The second kappa shape index (κ2) is 6.03. The summed E-state index contributed by atoms with van der Waals surface area (Å²) in [5.41, 5.74) is 1.03. The number of benzene rings is 1. The van der Waals surface area contributed by atoms with Crippen LogP contribution in [0, 0.1) is 0 Å². The Labute approximate surface area is 123 Å². The van der Waals surface area contributed by atoms with Gasteiger partial charge in [0, 0.05) is 38.2 Å². The van der Waals surface area contributed by atoms with Crippen LogP contribution in [0.1, 0.15) is 18.0 Å². The maximum absolute atomic E-state index is 12.3. The maximum Gasteiger partial charge on any atom is 0.318 e. The number of amides is 3. The first-order valence-corrected chi connectivity index (χ1v) is 7.24. The third-order valence-electron chi connectivity index (χ3n) is 4.01. The van der Waals surface area contributed by atoms with E-state index in [9.17, 15) is 9.59 Å². The Balaban J connectivity index is 1.62. The Morgan fingerprint density at radius 2 is 2.00 bits per heavy atom. The van der Waals surface area contributed by atoms with Gasteiger partial charge in [-0.25, -0.2) is 4.79 Å². The van der Waals surface area contributed by atoms with Gasteiger partial charge in [-0.2, -0.15) is 0 Å². The number of carbonyl (C=O) groups excluding carboxylic acids is 2. The van der Waals surface area contributed by atoms with Crippen LogP contribution < -0.4 is 10.1 Å². The predicted molar refractivity (Wildman–Crippen MR) is 77.0 cm³/mol. The van der Waals surface area contributed by atoms with E-state index < -0.39 is 0 Å². The number of nitrogens with zero attached hydrogens (tertiary/aromatic N) is 2. The van der Waals surface area contributed by atoms with E-state index in [1.165, 1.54) is 0 Å². The molecule has 1 saturated heterocycles. The van der Waals surface area contributed by atoms with Crippen LogP contribution in [0.5, 0.6) is 5.75 Å². The van der Waals surface area contributed by atoms with Crippen LogP contribution in [0.3, 0.4) is 0 Å². The molecule has 0 aromatic heterocycles. The van der Waals surface area contributed by atoms with E-state index in [0.29, 0.717) is 32.8 Å². The Kier molecular flexibility index (Phi) is 3.94. The minimum absolute atomic E-state index is 0.00782. The smallest absolute Gasteiger partial charge is 0.318 e. The van der Waals surface area contributed by atoms with E-state index in [1.807, 2.05) is 24.3 Å². The van der Waals surface area contributed by atoms with Crippen molar-refractivity contribution in [2.75, 3.05) is 32.8 Å². The zero-order valence-corrected chi connectivity index (χ0v) is 11.8. The zero-order valence-electron chi connectivity index (χ0n) is 11.8. The molecule has 3 rings (SSSR count). The molecule has 3 amide bonds. The Morgan fingerprint density at radius 3 is 2.76 bits per heavy atom. The molecule has 2 aliphatic heterocycles.